The zero-order valence-electron chi connectivity index (χ0n) is 11.5. The fourth-order valence-electron chi connectivity index (χ4n) is 1.97. The average Bonchev–Trinajstić information content (AvgIpc) is 2.72. The third kappa shape index (κ3) is 2.85. The van der Waals surface area contributed by atoms with Gasteiger partial charge in [0, 0.05) is 6.54 Å². The molecule has 1 heterocycles. The molecule has 1 aromatic heterocycles. The number of para-hydroxylation sites is 1. The van der Waals surface area contributed by atoms with E-state index in [9.17, 15) is 0 Å². The number of nitrogen functional groups attached to an aromatic ring is 1. The van der Waals surface area contributed by atoms with Gasteiger partial charge in [0.2, 0.25) is 0 Å². The maximum Gasteiger partial charge on any atom is 0.131 e. The van der Waals surface area contributed by atoms with Crippen molar-refractivity contribution in [2.45, 2.75) is 27.0 Å². The molecule has 2 rings (SSSR count). The Morgan fingerprint density at radius 3 is 2.80 bits per heavy atom. The molecule has 0 aliphatic carbocycles. The van der Waals surface area contributed by atoms with Gasteiger partial charge in [-0.05, 0) is 41.9 Å². The summed E-state index contributed by atoms with van der Waals surface area (Å²) in [4.78, 5) is 0. The van der Waals surface area contributed by atoms with E-state index in [0.717, 1.165) is 22.4 Å². The van der Waals surface area contributed by atoms with Crippen LogP contribution >= 0.6 is 15.9 Å². The van der Waals surface area contributed by atoms with Crippen LogP contribution in [0.2, 0.25) is 0 Å². The second-order valence-electron chi connectivity index (χ2n) is 4.36. The SMILES string of the molecule is CCn1nc(C)c(Br)c1COc1ccccc1C(=N)N. The summed E-state index contributed by atoms with van der Waals surface area (Å²) in [7, 11) is 0. The summed E-state index contributed by atoms with van der Waals surface area (Å²) in [6.45, 7) is 5.13. The van der Waals surface area contributed by atoms with E-state index in [4.69, 9.17) is 15.9 Å². The highest BCUT2D eigenvalue weighted by Gasteiger charge is 2.14. The lowest BCUT2D eigenvalue weighted by molar-refractivity contribution is 0.291. The fraction of sp³-hybridized carbons (Fsp3) is 0.286. The van der Waals surface area contributed by atoms with Crippen molar-refractivity contribution in [3.63, 3.8) is 0 Å². The number of aryl methyl sites for hydroxylation is 2. The Morgan fingerprint density at radius 1 is 1.45 bits per heavy atom. The summed E-state index contributed by atoms with van der Waals surface area (Å²) >= 11 is 3.53. The molecule has 20 heavy (non-hydrogen) atoms. The number of halogens is 1. The van der Waals surface area contributed by atoms with Gasteiger partial charge in [-0.15, -0.1) is 0 Å². The van der Waals surface area contributed by atoms with E-state index in [2.05, 4.69) is 21.0 Å². The van der Waals surface area contributed by atoms with Crippen molar-refractivity contribution in [3.8, 4) is 5.75 Å². The third-order valence-electron chi connectivity index (χ3n) is 2.99. The molecule has 6 heteroatoms. The van der Waals surface area contributed by atoms with Crippen molar-refractivity contribution in [1.29, 1.82) is 5.41 Å². The van der Waals surface area contributed by atoms with Gasteiger partial charge in [0.15, 0.2) is 0 Å². The zero-order valence-corrected chi connectivity index (χ0v) is 13.1. The van der Waals surface area contributed by atoms with Crippen LogP contribution in [0.25, 0.3) is 0 Å². The summed E-state index contributed by atoms with van der Waals surface area (Å²) in [6.07, 6.45) is 0. The Hall–Kier alpha value is -1.82. The number of nitrogens with two attached hydrogens (primary N) is 1. The summed E-state index contributed by atoms with van der Waals surface area (Å²) in [5.74, 6) is 0.605. The predicted molar refractivity (Wildman–Crippen MR) is 82.1 cm³/mol. The number of benzene rings is 1. The van der Waals surface area contributed by atoms with Crippen molar-refractivity contribution >= 4 is 21.8 Å². The topological polar surface area (TPSA) is 76.9 Å². The first-order valence-corrected chi connectivity index (χ1v) is 7.11. The molecule has 0 saturated carbocycles. The van der Waals surface area contributed by atoms with E-state index < -0.39 is 0 Å². The number of nitrogens with one attached hydrogen (secondary N) is 1. The van der Waals surface area contributed by atoms with E-state index in [1.54, 1.807) is 6.07 Å². The number of ether oxygens (including phenoxy) is 1. The monoisotopic (exact) mass is 336 g/mol. The third-order valence-corrected chi connectivity index (χ3v) is 4.03. The Kier molecular flexibility index (Phi) is 4.44. The van der Waals surface area contributed by atoms with Crippen LogP contribution in [0.15, 0.2) is 28.7 Å². The summed E-state index contributed by atoms with van der Waals surface area (Å²) < 4.78 is 8.67. The quantitative estimate of drug-likeness (QED) is 0.651. The van der Waals surface area contributed by atoms with Crippen molar-refractivity contribution in [3.05, 3.63) is 45.7 Å². The molecule has 0 aliphatic rings. The molecular formula is C14H17BrN4O. The molecule has 0 amide bonds. The van der Waals surface area contributed by atoms with E-state index in [0.29, 0.717) is 17.9 Å². The number of rotatable bonds is 5. The lowest BCUT2D eigenvalue weighted by Crippen LogP contribution is -2.14. The maximum absolute atomic E-state index is 7.56. The summed E-state index contributed by atoms with van der Waals surface area (Å²) in [6, 6.07) is 7.28. The number of hydrogen-bond acceptors (Lipinski definition) is 3. The Morgan fingerprint density at radius 2 is 2.15 bits per heavy atom. The lowest BCUT2D eigenvalue weighted by atomic mass is 10.2. The highest BCUT2D eigenvalue weighted by Crippen LogP contribution is 2.24. The molecule has 0 saturated heterocycles. The molecule has 3 N–H and O–H groups in total. The normalized spacial score (nSPS) is 10.6. The largest absolute Gasteiger partial charge is 0.487 e. The van der Waals surface area contributed by atoms with Gasteiger partial charge in [0.1, 0.15) is 18.2 Å². The minimum Gasteiger partial charge on any atom is -0.487 e. The van der Waals surface area contributed by atoms with Crippen molar-refractivity contribution in [2.75, 3.05) is 0 Å². The zero-order chi connectivity index (χ0) is 14.7. The molecule has 0 aliphatic heterocycles. The first-order chi connectivity index (χ1) is 9.54. The van der Waals surface area contributed by atoms with Gasteiger partial charge in [-0.1, -0.05) is 12.1 Å². The number of hydrogen-bond donors (Lipinski definition) is 2. The number of nitrogens with zero attached hydrogens (tertiary/aromatic N) is 2. The van der Waals surface area contributed by atoms with Gasteiger partial charge in [-0.3, -0.25) is 10.1 Å². The van der Waals surface area contributed by atoms with Crippen LogP contribution in [-0.2, 0) is 13.2 Å². The van der Waals surface area contributed by atoms with Crippen molar-refractivity contribution < 1.29 is 4.74 Å². The smallest absolute Gasteiger partial charge is 0.131 e. The molecule has 0 radical (unpaired) electrons. The molecule has 1 aromatic carbocycles. The van der Waals surface area contributed by atoms with Crippen LogP contribution in [0.1, 0.15) is 23.9 Å². The van der Waals surface area contributed by atoms with Crippen LogP contribution in [0.3, 0.4) is 0 Å². The summed E-state index contributed by atoms with van der Waals surface area (Å²) in [5, 5.41) is 12.0. The van der Waals surface area contributed by atoms with Crippen LogP contribution in [0, 0.1) is 12.3 Å². The summed E-state index contributed by atoms with van der Waals surface area (Å²) in [5.41, 5.74) is 8.06. The van der Waals surface area contributed by atoms with Gasteiger partial charge < -0.3 is 10.5 Å². The van der Waals surface area contributed by atoms with Gasteiger partial charge in [0.05, 0.1) is 21.4 Å². The first-order valence-electron chi connectivity index (χ1n) is 6.32. The molecule has 0 fully saturated rings. The van der Waals surface area contributed by atoms with Gasteiger partial charge >= 0.3 is 0 Å². The molecule has 0 bridgehead atoms. The van der Waals surface area contributed by atoms with Crippen molar-refractivity contribution in [1.82, 2.24) is 9.78 Å². The van der Waals surface area contributed by atoms with Crippen LogP contribution < -0.4 is 10.5 Å². The highest BCUT2D eigenvalue weighted by molar-refractivity contribution is 9.10. The molecule has 0 unspecified atom stereocenters. The minimum absolute atomic E-state index is 0.000143. The molecule has 106 valence electrons. The van der Waals surface area contributed by atoms with Crippen LogP contribution in [0.4, 0.5) is 0 Å². The van der Waals surface area contributed by atoms with E-state index in [1.165, 1.54) is 0 Å². The Labute approximate surface area is 126 Å². The van der Waals surface area contributed by atoms with E-state index in [-0.39, 0.29) is 5.84 Å². The van der Waals surface area contributed by atoms with Gasteiger partial charge in [0.25, 0.3) is 0 Å². The molecule has 5 nitrogen and oxygen atoms in total. The van der Waals surface area contributed by atoms with E-state index in [1.807, 2.05) is 36.7 Å². The number of amidine groups is 1. The van der Waals surface area contributed by atoms with Gasteiger partial charge in [-0.2, -0.15) is 5.10 Å². The standard InChI is InChI=1S/C14H17BrN4O/c1-3-19-11(13(15)9(2)18-19)8-20-12-7-5-4-6-10(12)14(16)17/h4-7H,3,8H2,1-2H3,(H3,16,17). The van der Waals surface area contributed by atoms with Crippen LogP contribution in [-0.4, -0.2) is 15.6 Å². The van der Waals surface area contributed by atoms with E-state index >= 15 is 0 Å². The molecule has 0 spiro atoms. The Bertz CT molecular complexity index is 636. The predicted octanol–water partition coefficient (Wildman–Crippen LogP) is 2.84. The Balaban J connectivity index is 2.23. The second kappa shape index (κ2) is 6.09. The minimum atomic E-state index is -0.000143. The highest BCUT2D eigenvalue weighted by atomic mass is 79.9. The fourth-order valence-corrected chi connectivity index (χ4v) is 2.37. The second-order valence-corrected chi connectivity index (χ2v) is 5.15. The van der Waals surface area contributed by atoms with Crippen LogP contribution in [0.5, 0.6) is 5.75 Å². The molecule has 0 atom stereocenters. The van der Waals surface area contributed by atoms with Crippen molar-refractivity contribution in [2.24, 2.45) is 5.73 Å². The van der Waals surface area contributed by atoms with Gasteiger partial charge in [-0.25, -0.2) is 0 Å². The number of aromatic nitrogens is 2. The first kappa shape index (κ1) is 14.6. The molecule has 2 aromatic rings. The lowest BCUT2D eigenvalue weighted by Gasteiger charge is -2.11. The maximum atomic E-state index is 7.56. The molecular weight excluding hydrogens is 320 g/mol. The average molecular weight is 337 g/mol.